The van der Waals surface area contributed by atoms with Crippen LogP contribution in [0.3, 0.4) is 0 Å². The molecule has 0 saturated carbocycles. The monoisotopic (exact) mass is 339 g/mol. The number of rotatable bonds is 5. The first-order chi connectivity index (χ1) is 9.28. The van der Waals surface area contributed by atoms with Gasteiger partial charge in [-0.15, -0.1) is 0 Å². The molecule has 0 atom stereocenters. The topological polar surface area (TPSA) is 57.6 Å². The van der Waals surface area contributed by atoms with Gasteiger partial charge in [-0.05, 0) is 44.5 Å². The Morgan fingerprint density at radius 1 is 1.30 bits per heavy atom. The van der Waals surface area contributed by atoms with Crippen LogP contribution >= 0.6 is 15.9 Å². The number of aliphatic carboxylic acids is 1. The van der Waals surface area contributed by atoms with Crippen molar-refractivity contribution in [2.75, 3.05) is 6.54 Å². The van der Waals surface area contributed by atoms with Crippen molar-refractivity contribution < 1.29 is 14.7 Å². The van der Waals surface area contributed by atoms with Crippen LogP contribution in [0.5, 0.6) is 0 Å². The van der Waals surface area contributed by atoms with Gasteiger partial charge in [-0.3, -0.25) is 4.79 Å². The van der Waals surface area contributed by atoms with Gasteiger partial charge in [-0.25, -0.2) is 4.79 Å². The number of amides is 1. The highest BCUT2D eigenvalue weighted by Crippen LogP contribution is 2.16. The Bertz CT molecular complexity index is 520. The molecule has 1 rings (SSSR count). The quantitative estimate of drug-likeness (QED) is 0.838. The Morgan fingerprint density at radius 3 is 2.30 bits per heavy atom. The first-order valence-corrected chi connectivity index (χ1v) is 7.07. The second kappa shape index (κ2) is 6.70. The number of nitrogens with zero attached hydrogens (tertiary/aromatic N) is 1. The molecule has 1 aromatic carbocycles. The van der Waals surface area contributed by atoms with E-state index in [4.69, 9.17) is 0 Å². The summed E-state index contributed by atoms with van der Waals surface area (Å²) in [5.74, 6) is -1.34. The van der Waals surface area contributed by atoms with E-state index in [1.165, 1.54) is 24.8 Å². The molecule has 1 N–H and O–H groups in total. The Balaban J connectivity index is 2.88. The maximum Gasteiger partial charge on any atom is 0.329 e. The van der Waals surface area contributed by atoms with Gasteiger partial charge in [0.15, 0.2) is 0 Å². The first-order valence-electron chi connectivity index (χ1n) is 6.27. The second-order valence-electron chi connectivity index (χ2n) is 4.83. The van der Waals surface area contributed by atoms with Gasteiger partial charge in [0.05, 0.1) is 0 Å². The zero-order chi connectivity index (χ0) is 15.3. The summed E-state index contributed by atoms with van der Waals surface area (Å²) in [4.78, 5) is 24.7. The Morgan fingerprint density at radius 2 is 1.85 bits per heavy atom. The van der Waals surface area contributed by atoms with Gasteiger partial charge in [0.25, 0.3) is 0 Å². The molecule has 1 aromatic rings. The Hall–Kier alpha value is -1.62. The Labute approximate surface area is 127 Å². The second-order valence-corrected chi connectivity index (χ2v) is 5.75. The van der Waals surface area contributed by atoms with Gasteiger partial charge in [0.1, 0.15) is 5.54 Å². The van der Waals surface area contributed by atoms with Crippen LogP contribution in [-0.2, 0) is 9.59 Å². The van der Waals surface area contributed by atoms with E-state index in [2.05, 4.69) is 15.9 Å². The zero-order valence-electron chi connectivity index (χ0n) is 11.8. The van der Waals surface area contributed by atoms with Crippen molar-refractivity contribution in [2.24, 2.45) is 0 Å². The third-order valence-corrected chi connectivity index (χ3v) is 3.60. The molecule has 0 unspecified atom stereocenters. The fourth-order valence-electron chi connectivity index (χ4n) is 1.77. The number of hydrogen-bond donors (Lipinski definition) is 1. The number of carbonyl (C=O) groups excluding carboxylic acids is 1. The molecule has 20 heavy (non-hydrogen) atoms. The van der Waals surface area contributed by atoms with Crippen molar-refractivity contribution in [1.29, 1.82) is 0 Å². The molecule has 0 aliphatic rings. The maximum absolute atomic E-state index is 12.1. The number of carboxylic acids is 1. The molecule has 5 heteroatoms. The molecule has 0 radical (unpaired) electrons. The third-order valence-electron chi connectivity index (χ3n) is 3.07. The predicted octanol–water partition coefficient (Wildman–Crippen LogP) is 3.17. The molecule has 0 bridgehead atoms. The summed E-state index contributed by atoms with van der Waals surface area (Å²) in [5.41, 5.74) is -0.346. The van der Waals surface area contributed by atoms with Crippen LogP contribution in [0.1, 0.15) is 26.3 Å². The molecule has 0 heterocycles. The van der Waals surface area contributed by atoms with Gasteiger partial charge in [0.2, 0.25) is 5.91 Å². The van der Waals surface area contributed by atoms with Crippen LogP contribution in [0.25, 0.3) is 6.08 Å². The smallest absolute Gasteiger partial charge is 0.329 e. The number of hydrogen-bond acceptors (Lipinski definition) is 2. The molecule has 0 fully saturated rings. The van der Waals surface area contributed by atoms with Crippen molar-refractivity contribution in [2.45, 2.75) is 26.3 Å². The van der Waals surface area contributed by atoms with E-state index in [0.717, 1.165) is 10.0 Å². The van der Waals surface area contributed by atoms with Crippen LogP contribution in [0.2, 0.25) is 0 Å². The number of benzene rings is 1. The standard InChI is InChI=1S/C15H18BrNO3/c1-4-17(15(2,3)14(19)20)13(18)10-7-11-5-8-12(16)9-6-11/h5-10H,4H2,1-3H3,(H,19,20). The van der Waals surface area contributed by atoms with Crippen LogP contribution in [0.15, 0.2) is 34.8 Å². The largest absolute Gasteiger partial charge is 0.480 e. The van der Waals surface area contributed by atoms with E-state index in [1.54, 1.807) is 13.0 Å². The molecule has 0 aliphatic heterocycles. The Kier molecular flexibility index (Phi) is 5.51. The summed E-state index contributed by atoms with van der Waals surface area (Å²) < 4.78 is 0.961. The highest BCUT2D eigenvalue weighted by molar-refractivity contribution is 9.10. The first kappa shape index (κ1) is 16.4. The van der Waals surface area contributed by atoms with Crippen LogP contribution in [0.4, 0.5) is 0 Å². The minimum atomic E-state index is -1.23. The molecule has 0 aliphatic carbocycles. The molecule has 0 spiro atoms. The van der Waals surface area contributed by atoms with Crippen LogP contribution in [0, 0.1) is 0 Å². The lowest BCUT2D eigenvalue weighted by molar-refractivity contribution is -0.154. The molecular formula is C15H18BrNO3. The predicted molar refractivity (Wildman–Crippen MR) is 82.3 cm³/mol. The van der Waals surface area contributed by atoms with E-state index < -0.39 is 11.5 Å². The van der Waals surface area contributed by atoms with E-state index in [9.17, 15) is 14.7 Å². The lowest BCUT2D eigenvalue weighted by atomic mass is 10.0. The van der Waals surface area contributed by atoms with Crippen molar-refractivity contribution in [3.63, 3.8) is 0 Å². The third kappa shape index (κ3) is 3.93. The zero-order valence-corrected chi connectivity index (χ0v) is 13.3. The molecule has 0 aromatic heterocycles. The summed E-state index contributed by atoms with van der Waals surface area (Å²) >= 11 is 3.34. The minimum Gasteiger partial charge on any atom is -0.480 e. The molecule has 108 valence electrons. The SMILES string of the molecule is CCN(C(=O)C=Cc1ccc(Br)cc1)C(C)(C)C(=O)O. The van der Waals surface area contributed by atoms with E-state index in [1.807, 2.05) is 24.3 Å². The number of carboxylic acid groups (broad SMARTS) is 1. The lowest BCUT2D eigenvalue weighted by Crippen LogP contribution is -2.52. The number of carbonyl (C=O) groups is 2. The summed E-state index contributed by atoms with van der Waals surface area (Å²) in [6, 6.07) is 7.49. The van der Waals surface area contributed by atoms with Gasteiger partial charge in [-0.2, -0.15) is 0 Å². The average molecular weight is 340 g/mol. The highest BCUT2D eigenvalue weighted by atomic mass is 79.9. The summed E-state index contributed by atoms with van der Waals surface area (Å²) in [7, 11) is 0. The van der Waals surface area contributed by atoms with E-state index >= 15 is 0 Å². The number of likely N-dealkylation sites (N-methyl/N-ethyl adjacent to an activating group) is 1. The van der Waals surface area contributed by atoms with Crippen molar-refractivity contribution in [3.8, 4) is 0 Å². The van der Waals surface area contributed by atoms with Crippen molar-refractivity contribution >= 4 is 33.9 Å². The maximum atomic E-state index is 12.1. The summed E-state index contributed by atoms with van der Waals surface area (Å²) in [5, 5.41) is 9.18. The fraction of sp³-hybridized carbons (Fsp3) is 0.333. The minimum absolute atomic E-state index is 0.317. The van der Waals surface area contributed by atoms with Crippen LogP contribution < -0.4 is 0 Å². The lowest BCUT2D eigenvalue weighted by Gasteiger charge is -2.33. The van der Waals surface area contributed by atoms with E-state index in [-0.39, 0.29) is 5.91 Å². The molecule has 1 amide bonds. The summed E-state index contributed by atoms with van der Waals surface area (Å²) in [6.45, 7) is 5.13. The van der Waals surface area contributed by atoms with Gasteiger partial charge >= 0.3 is 5.97 Å². The molecular weight excluding hydrogens is 322 g/mol. The molecule has 0 saturated heterocycles. The van der Waals surface area contributed by atoms with Gasteiger partial charge < -0.3 is 10.0 Å². The van der Waals surface area contributed by atoms with Crippen LogP contribution in [-0.4, -0.2) is 34.0 Å². The van der Waals surface area contributed by atoms with Crippen molar-refractivity contribution in [3.05, 3.63) is 40.4 Å². The normalized spacial score (nSPS) is 11.6. The number of halogens is 1. The average Bonchev–Trinajstić information content (AvgIpc) is 2.38. The molecule has 4 nitrogen and oxygen atoms in total. The fourth-order valence-corrected chi connectivity index (χ4v) is 2.04. The van der Waals surface area contributed by atoms with Gasteiger partial charge in [-0.1, -0.05) is 28.1 Å². The van der Waals surface area contributed by atoms with Gasteiger partial charge in [0, 0.05) is 17.1 Å². The van der Waals surface area contributed by atoms with Crippen molar-refractivity contribution in [1.82, 2.24) is 4.90 Å². The van der Waals surface area contributed by atoms with E-state index in [0.29, 0.717) is 6.54 Å². The highest BCUT2D eigenvalue weighted by Gasteiger charge is 2.35. The summed E-state index contributed by atoms with van der Waals surface area (Å²) in [6.07, 6.45) is 3.08.